The standard InChI is InChI=1S/C14H17N3O2.C2H3N/c1-3-10(2)14(18)17-4-5-19-13-11(6-15)7-16-8-12(13)9-17;1-2-3/h7-8,10H,3-5,9H2,1-2H3;1H3. The lowest BCUT2D eigenvalue weighted by Gasteiger charge is -2.22. The highest BCUT2D eigenvalue weighted by Crippen LogP contribution is 2.26. The van der Waals surface area contributed by atoms with E-state index in [4.69, 9.17) is 15.3 Å². The number of pyridine rings is 1. The molecule has 0 aliphatic carbocycles. The molecule has 0 saturated heterocycles. The van der Waals surface area contributed by atoms with E-state index >= 15 is 0 Å². The molecule has 1 amide bonds. The molecule has 116 valence electrons. The largest absolute Gasteiger partial charge is 0.490 e. The fourth-order valence-electron chi connectivity index (χ4n) is 2.07. The van der Waals surface area contributed by atoms with E-state index in [2.05, 4.69) is 11.1 Å². The topological polar surface area (TPSA) is 90.0 Å². The van der Waals surface area contributed by atoms with Crippen molar-refractivity contribution < 1.29 is 9.53 Å². The molecule has 0 radical (unpaired) electrons. The third-order valence-corrected chi connectivity index (χ3v) is 3.41. The van der Waals surface area contributed by atoms with Crippen LogP contribution in [0, 0.1) is 28.6 Å². The molecule has 1 atom stereocenters. The fourth-order valence-corrected chi connectivity index (χ4v) is 2.07. The second-order valence-corrected chi connectivity index (χ2v) is 4.93. The molecule has 1 aliphatic heterocycles. The van der Waals surface area contributed by atoms with Crippen LogP contribution in [0.2, 0.25) is 0 Å². The first-order chi connectivity index (χ1) is 10.6. The molecule has 0 bridgehead atoms. The zero-order valence-electron chi connectivity index (χ0n) is 13.2. The Morgan fingerprint density at radius 3 is 2.77 bits per heavy atom. The van der Waals surface area contributed by atoms with Crippen LogP contribution in [0.1, 0.15) is 38.3 Å². The molecule has 22 heavy (non-hydrogen) atoms. The molecule has 6 nitrogen and oxygen atoms in total. The van der Waals surface area contributed by atoms with E-state index in [0.29, 0.717) is 31.0 Å². The van der Waals surface area contributed by atoms with E-state index in [1.807, 2.05) is 13.8 Å². The van der Waals surface area contributed by atoms with Crippen LogP contribution >= 0.6 is 0 Å². The summed E-state index contributed by atoms with van der Waals surface area (Å²) in [6, 6.07) is 3.82. The minimum atomic E-state index is 0.00802. The zero-order chi connectivity index (χ0) is 16.5. The summed E-state index contributed by atoms with van der Waals surface area (Å²) in [5, 5.41) is 16.4. The van der Waals surface area contributed by atoms with E-state index in [9.17, 15) is 4.79 Å². The molecule has 0 N–H and O–H groups in total. The van der Waals surface area contributed by atoms with Crippen molar-refractivity contribution >= 4 is 5.91 Å². The Morgan fingerprint density at radius 1 is 1.50 bits per heavy atom. The van der Waals surface area contributed by atoms with Gasteiger partial charge in [-0.05, 0) is 6.42 Å². The highest BCUT2D eigenvalue weighted by Gasteiger charge is 2.24. The van der Waals surface area contributed by atoms with Crippen molar-refractivity contribution in [2.75, 3.05) is 13.2 Å². The minimum absolute atomic E-state index is 0.00802. The molecule has 0 saturated carbocycles. The molecule has 0 aromatic carbocycles. The normalized spacial score (nSPS) is 14.0. The van der Waals surface area contributed by atoms with Gasteiger partial charge in [-0.15, -0.1) is 0 Å². The first-order valence-electron chi connectivity index (χ1n) is 7.18. The Morgan fingerprint density at radius 2 is 2.18 bits per heavy atom. The van der Waals surface area contributed by atoms with Crippen LogP contribution in [-0.2, 0) is 11.3 Å². The van der Waals surface area contributed by atoms with Crippen molar-refractivity contribution in [3.8, 4) is 17.9 Å². The summed E-state index contributed by atoms with van der Waals surface area (Å²) >= 11 is 0. The molecule has 0 fully saturated rings. The number of fused-ring (bicyclic) bond motifs is 1. The molecule has 1 aliphatic rings. The quantitative estimate of drug-likeness (QED) is 0.835. The summed E-state index contributed by atoms with van der Waals surface area (Å²) in [6.45, 7) is 6.77. The van der Waals surface area contributed by atoms with Crippen LogP contribution in [0.15, 0.2) is 12.4 Å². The first kappa shape index (κ1) is 17.5. The van der Waals surface area contributed by atoms with Crippen LogP contribution in [0.25, 0.3) is 0 Å². The molecule has 1 aromatic heterocycles. The maximum absolute atomic E-state index is 12.2. The molecule has 6 heteroatoms. The van der Waals surface area contributed by atoms with Gasteiger partial charge in [0.2, 0.25) is 5.91 Å². The van der Waals surface area contributed by atoms with E-state index in [1.165, 1.54) is 13.1 Å². The van der Waals surface area contributed by atoms with Gasteiger partial charge in [0.25, 0.3) is 0 Å². The van der Waals surface area contributed by atoms with E-state index < -0.39 is 0 Å². The van der Waals surface area contributed by atoms with Gasteiger partial charge in [0, 0.05) is 30.8 Å². The smallest absolute Gasteiger partial charge is 0.225 e. The van der Waals surface area contributed by atoms with Crippen molar-refractivity contribution in [1.29, 1.82) is 10.5 Å². The van der Waals surface area contributed by atoms with Gasteiger partial charge in [-0.3, -0.25) is 9.78 Å². The number of hydrogen-bond donors (Lipinski definition) is 0. The maximum Gasteiger partial charge on any atom is 0.225 e. The van der Waals surface area contributed by atoms with Gasteiger partial charge in [-0.25, -0.2) is 0 Å². The SMILES string of the molecule is CC#N.CCC(C)C(=O)N1CCOc2c(C#N)cncc2C1. The Kier molecular flexibility index (Phi) is 6.85. The minimum Gasteiger partial charge on any atom is -0.490 e. The third kappa shape index (κ3) is 4.20. The summed E-state index contributed by atoms with van der Waals surface area (Å²) in [4.78, 5) is 18.0. The van der Waals surface area contributed by atoms with Crippen molar-refractivity contribution in [2.45, 2.75) is 33.7 Å². The van der Waals surface area contributed by atoms with Crippen molar-refractivity contribution in [3.63, 3.8) is 0 Å². The van der Waals surface area contributed by atoms with Gasteiger partial charge in [0.05, 0.1) is 19.2 Å². The van der Waals surface area contributed by atoms with Crippen molar-refractivity contribution in [2.24, 2.45) is 5.92 Å². The monoisotopic (exact) mass is 300 g/mol. The highest BCUT2D eigenvalue weighted by atomic mass is 16.5. The molecular weight excluding hydrogens is 280 g/mol. The Labute approximate surface area is 130 Å². The number of nitrogens with zero attached hydrogens (tertiary/aromatic N) is 4. The summed E-state index contributed by atoms with van der Waals surface area (Å²) < 4.78 is 5.61. The average molecular weight is 300 g/mol. The Hall–Kier alpha value is -2.60. The van der Waals surface area contributed by atoms with Gasteiger partial charge in [0.15, 0.2) is 0 Å². The molecule has 1 unspecified atom stereocenters. The van der Waals surface area contributed by atoms with Gasteiger partial charge >= 0.3 is 0 Å². The average Bonchev–Trinajstić information content (AvgIpc) is 2.76. The third-order valence-electron chi connectivity index (χ3n) is 3.41. The van der Waals surface area contributed by atoms with Crippen LogP contribution in [-0.4, -0.2) is 28.9 Å². The predicted octanol–water partition coefficient (Wildman–Crippen LogP) is 2.25. The lowest BCUT2D eigenvalue weighted by Crippen LogP contribution is -2.36. The van der Waals surface area contributed by atoms with Crippen molar-refractivity contribution in [3.05, 3.63) is 23.5 Å². The van der Waals surface area contributed by atoms with Crippen LogP contribution in [0.4, 0.5) is 0 Å². The summed E-state index contributed by atoms with van der Waals surface area (Å²) in [5.41, 5.74) is 1.23. The highest BCUT2D eigenvalue weighted by molar-refractivity contribution is 5.78. The summed E-state index contributed by atoms with van der Waals surface area (Å²) in [7, 11) is 0. The van der Waals surface area contributed by atoms with Crippen molar-refractivity contribution in [1.82, 2.24) is 9.88 Å². The van der Waals surface area contributed by atoms with Crippen LogP contribution in [0.3, 0.4) is 0 Å². The molecule has 2 heterocycles. The van der Waals surface area contributed by atoms with Crippen LogP contribution < -0.4 is 4.74 Å². The summed E-state index contributed by atoms with van der Waals surface area (Å²) in [5.74, 6) is 0.701. The molecule has 2 rings (SSSR count). The number of hydrogen-bond acceptors (Lipinski definition) is 5. The zero-order valence-corrected chi connectivity index (χ0v) is 13.2. The number of amides is 1. The number of ether oxygens (including phenoxy) is 1. The van der Waals surface area contributed by atoms with Gasteiger partial charge < -0.3 is 9.64 Å². The van der Waals surface area contributed by atoms with Gasteiger partial charge in [0.1, 0.15) is 24.0 Å². The lowest BCUT2D eigenvalue weighted by molar-refractivity contribution is -0.135. The molecule has 0 spiro atoms. The number of carbonyl (C=O) groups excluding carboxylic acids is 1. The Bertz CT molecular complexity index is 601. The number of aromatic nitrogens is 1. The number of carbonyl (C=O) groups is 1. The Balaban J connectivity index is 0.000000745. The van der Waals surface area contributed by atoms with Gasteiger partial charge in [-0.2, -0.15) is 10.5 Å². The first-order valence-corrected chi connectivity index (χ1v) is 7.18. The predicted molar refractivity (Wildman–Crippen MR) is 80.6 cm³/mol. The van der Waals surface area contributed by atoms with E-state index in [1.54, 1.807) is 17.2 Å². The van der Waals surface area contributed by atoms with Gasteiger partial charge in [-0.1, -0.05) is 13.8 Å². The summed E-state index contributed by atoms with van der Waals surface area (Å²) in [6.07, 6.45) is 3.98. The lowest BCUT2D eigenvalue weighted by atomic mass is 10.1. The molecule has 1 aromatic rings. The second kappa shape index (κ2) is 8.63. The maximum atomic E-state index is 12.2. The number of rotatable bonds is 2. The fraction of sp³-hybridized carbons (Fsp3) is 0.500. The van der Waals surface area contributed by atoms with Crippen LogP contribution in [0.5, 0.6) is 5.75 Å². The number of nitriles is 2. The molecular formula is C16H20N4O2. The second-order valence-electron chi connectivity index (χ2n) is 4.93. The van der Waals surface area contributed by atoms with E-state index in [0.717, 1.165) is 12.0 Å². The van der Waals surface area contributed by atoms with E-state index in [-0.39, 0.29) is 11.8 Å².